The summed E-state index contributed by atoms with van der Waals surface area (Å²) in [5, 5.41) is 0.302. The maximum Gasteiger partial charge on any atom is 0.244 e. The third-order valence-corrected chi connectivity index (χ3v) is 5.80. The molecule has 0 aromatic heterocycles. The van der Waals surface area contributed by atoms with Crippen LogP contribution < -0.4 is 5.73 Å². The summed E-state index contributed by atoms with van der Waals surface area (Å²) in [5.74, 6) is 0. The zero-order valence-electron chi connectivity index (χ0n) is 9.57. The van der Waals surface area contributed by atoms with E-state index in [0.29, 0.717) is 28.3 Å². The van der Waals surface area contributed by atoms with E-state index in [2.05, 4.69) is 15.9 Å². The molecule has 0 saturated heterocycles. The molecule has 1 rings (SSSR count). The number of nitrogens with zero attached hydrogens (tertiary/aromatic N) is 1. The average molecular weight is 342 g/mol. The van der Waals surface area contributed by atoms with Crippen LogP contribution in [0.3, 0.4) is 0 Å². The van der Waals surface area contributed by atoms with Crippen molar-refractivity contribution in [2.75, 3.05) is 18.8 Å². The number of hydrogen-bond acceptors (Lipinski definition) is 3. The molecule has 0 unspecified atom stereocenters. The number of anilines is 1. The molecule has 17 heavy (non-hydrogen) atoms. The minimum absolute atomic E-state index is 0.103. The first kappa shape index (κ1) is 14.8. The fourth-order valence-corrected chi connectivity index (χ4v) is 4.19. The summed E-state index contributed by atoms with van der Waals surface area (Å²) in [5.41, 5.74) is 6.00. The number of hydrogen-bond donors (Lipinski definition) is 1. The molecule has 0 atom stereocenters. The van der Waals surface area contributed by atoms with Crippen molar-refractivity contribution in [2.45, 2.75) is 18.7 Å². The molecule has 0 aliphatic carbocycles. The van der Waals surface area contributed by atoms with Crippen LogP contribution >= 0.6 is 27.5 Å². The van der Waals surface area contributed by atoms with Crippen LogP contribution in [0.1, 0.15) is 13.8 Å². The number of nitrogens with two attached hydrogens (primary N) is 1. The molecular weight excluding hydrogens is 328 g/mol. The quantitative estimate of drug-likeness (QED) is 0.856. The molecule has 4 nitrogen and oxygen atoms in total. The minimum Gasteiger partial charge on any atom is -0.398 e. The molecule has 0 fully saturated rings. The Kier molecular flexibility index (Phi) is 4.83. The van der Waals surface area contributed by atoms with E-state index in [-0.39, 0.29) is 4.90 Å². The van der Waals surface area contributed by atoms with Gasteiger partial charge in [0, 0.05) is 23.8 Å². The van der Waals surface area contributed by atoms with E-state index in [4.69, 9.17) is 17.3 Å². The number of benzene rings is 1. The summed E-state index contributed by atoms with van der Waals surface area (Å²) in [7, 11) is -3.55. The van der Waals surface area contributed by atoms with Crippen molar-refractivity contribution in [2.24, 2.45) is 0 Å². The molecule has 2 N–H and O–H groups in total. The monoisotopic (exact) mass is 340 g/mol. The van der Waals surface area contributed by atoms with E-state index < -0.39 is 10.0 Å². The summed E-state index contributed by atoms with van der Waals surface area (Å²) < 4.78 is 26.3. The van der Waals surface area contributed by atoms with Gasteiger partial charge in [0.25, 0.3) is 0 Å². The molecule has 7 heteroatoms. The van der Waals surface area contributed by atoms with E-state index in [1.807, 2.05) is 0 Å². The fraction of sp³-hybridized carbons (Fsp3) is 0.400. The van der Waals surface area contributed by atoms with Crippen molar-refractivity contribution in [1.82, 2.24) is 4.31 Å². The largest absolute Gasteiger partial charge is 0.398 e. The van der Waals surface area contributed by atoms with Gasteiger partial charge in [0.1, 0.15) is 0 Å². The molecule has 0 aliphatic rings. The SMILES string of the molecule is CCN(CC)S(=O)(=O)c1cc(Cl)cc(N)c1Br. The Morgan fingerprint density at radius 3 is 2.35 bits per heavy atom. The first-order valence-corrected chi connectivity index (χ1v) is 7.70. The van der Waals surface area contributed by atoms with Crippen LogP contribution in [0.2, 0.25) is 5.02 Å². The van der Waals surface area contributed by atoms with Crippen LogP contribution in [0.15, 0.2) is 21.5 Å². The van der Waals surface area contributed by atoms with E-state index in [1.54, 1.807) is 13.8 Å². The van der Waals surface area contributed by atoms with Crippen LogP contribution in [0, 0.1) is 0 Å². The first-order chi connectivity index (χ1) is 7.84. The molecule has 0 saturated carbocycles. The second-order valence-corrected chi connectivity index (χ2v) is 6.53. The second-order valence-electron chi connectivity index (χ2n) is 3.40. The highest BCUT2D eigenvalue weighted by atomic mass is 79.9. The van der Waals surface area contributed by atoms with Gasteiger partial charge in [-0.3, -0.25) is 0 Å². The van der Waals surface area contributed by atoms with Gasteiger partial charge < -0.3 is 5.73 Å². The number of halogens is 2. The van der Waals surface area contributed by atoms with Crippen molar-refractivity contribution >= 4 is 43.2 Å². The zero-order chi connectivity index (χ0) is 13.2. The Morgan fingerprint density at radius 2 is 1.88 bits per heavy atom. The van der Waals surface area contributed by atoms with E-state index >= 15 is 0 Å². The Bertz CT molecular complexity index is 515. The summed E-state index contributed by atoms with van der Waals surface area (Å²) >= 11 is 9.02. The predicted octanol–water partition coefficient (Wildman–Crippen LogP) is 2.72. The standard InChI is InChI=1S/C10H14BrClN2O2S/c1-3-14(4-2)17(15,16)9-6-7(12)5-8(13)10(9)11/h5-6H,3-4,13H2,1-2H3. The number of rotatable bonds is 4. The van der Waals surface area contributed by atoms with Gasteiger partial charge >= 0.3 is 0 Å². The van der Waals surface area contributed by atoms with Gasteiger partial charge in [0.2, 0.25) is 10.0 Å². The molecular formula is C10H14BrClN2O2S. The van der Waals surface area contributed by atoms with Gasteiger partial charge in [0.15, 0.2) is 0 Å². The summed E-state index contributed by atoms with van der Waals surface area (Å²) in [6.07, 6.45) is 0. The fourth-order valence-electron chi connectivity index (χ4n) is 1.47. The molecule has 0 aliphatic heterocycles. The predicted molar refractivity (Wildman–Crippen MR) is 73.7 cm³/mol. The second kappa shape index (κ2) is 5.56. The molecule has 0 bridgehead atoms. The highest BCUT2D eigenvalue weighted by Crippen LogP contribution is 2.33. The molecule has 1 aromatic rings. The molecule has 96 valence electrons. The summed E-state index contributed by atoms with van der Waals surface area (Å²) in [4.78, 5) is 0.103. The van der Waals surface area contributed by atoms with Crippen molar-refractivity contribution in [3.63, 3.8) is 0 Å². The van der Waals surface area contributed by atoms with Gasteiger partial charge in [-0.15, -0.1) is 0 Å². The van der Waals surface area contributed by atoms with Crippen LogP contribution in [-0.4, -0.2) is 25.8 Å². The van der Waals surface area contributed by atoms with Gasteiger partial charge in [0.05, 0.1) is 9.37 Å². The summed E-state index contributed by atoms with van der Waals surface area (Å²) in [6, 6.07) is 2.91. The Hall–Kier alpha value is -0.300. The van der Waals surface area contributed by atoms with Gasteiger partial charge in [-0.25, -0.2) is 8.42 Å². The third kappa shape index (κ3) is 2.93. The molecule has 0 heterocycles. The lowest BCUT2D eigenvalue weighted by Crippen LogP contribution is -2.31. The van der Waals surface area contributed by atoms with Gasteiger partial charge in [-0.1, -0.05) is 25.4 Å². The highest BCUT2D eigenvalue weighted by Gasteiger charge is 2.25. The van der Waals surface area contributed by atoms with Crippen LogP contribution in [0.5, 0.6) is 0 Å². The van der Waals surface area contributed by atoms with Crippen LogP contribution in [0.4, 0.5) is 5.69 Å². The Balaban J connectivity index is 3.43. The number of sulfonamides is 1. The summed E-state index contributed by atoms with van der Waals surface area (Å²) in [6.45, 7) is 4.36. The number of nitrogen functional groups attached to an aromatic ring is 1. The lowest BCUT2D eigenvalue weighted by Gasteiger charge is -2.20. The van der Waals surface area contributed by atoms with E-state index in [9.17, 15) is 8.42 Å². The Labute approximate surface area is 115 Å². The lowest BCUT2D eigenvalue weighted by atomic mass is 10.3. The van der Waals surface area contributed by atoms with Crippen LogP contribution in [-0.2, 0) is 10.0 Å². The minimum atomic E-state index is -3.55. The maximum atomic E-state index is 12.3. The first-order valence-electron chi connectivity index (χ1n) is 5.09. The smallest absolute Gasteiger partial charge is 0.244 e. The van der Waals surface area contributed by atoms with Crippen molar-refractivity contribution in [1.29, 1.82) is 0 Å². The zero-order valence-corrected chi connectivity index (χ0v) is 12.7. The van der Waals surface area contributed by atoms with Crippen molar-refractivity contribution in [3.8, 4) is 0 Å². The average Bonchev–Trinajstić information content (AvgIpc) is 2.24. The Morgan fingerprint density at radius 1 is 1.35 bits per heavy atom. The highest BCUT2D eigenvalue weighted by molar-refractivity contribution is 9.10. The molecule has 0 radical (unpaired) electrons. The molecule has 0 amide bonds. The maximum absolute atomic E-state index is 12.3. The van der Waals surface area contributed by atoms with Crippen LogP contribution in [0.25, 0.3) is 0 Å². The lowest BCUT2D eigenvalue weighted by molar-refractivity contribution is 0.445. The topological polar surface area (TPSA) is 63.4 Å². The van der Waals surface area contributed by atoms with E-state index in [0.717, 1.165) is 0 Å². The normalized spacial score (nSPS) is 12.1. The van der Waals surface area contributed by atoms with Gasteiger partial charge in [-0.2, -0.15) is 4.31 Å². The van der Waals surface area contributed by atoms with Crippen molar-refractivity contribution < 1.29 is 8.42 Å². The van der Waals surface area contributed by atoms with E-state index in [1.165, 1.54) is 16.4 Å². The van der Waals surface area contributed by atoms with Gasteiger partial charge in [-0.05, 0) is 28.1 Å². The van der Waals surface area contributed by atoms with Crippen molar-refractivity contribution in [3.05, 3.63) is 21.6 Å². The molecule has 1 aromatic carbocycles. The third-order valence-electron chi connectivity index (χ3n) is 2.36. The molecule has 0 spiro atoms.